The molecule has 0 radical (unpaired) electrons. The summed E-state index contributed by atoms with van der Waals surface area (Å²) in [6.07, 6.45) is 0.304. The first-order valence-corrected chi connectivity index (χ1v) is 9.19. The number of halogens is 2. The molecule has 0 heterocycles. The van der Waals surface area contributed by atoms with Crippen LogP contribution >= 0.6 is 23.2 Å². The first-order valence-electron chi connectivity index (χ1n) is 8.44. The highest BCUT2D eigenvalue weighted by atomic mass is 35.5. The fraction of sp³-hybridized carbons (Fsp3) is 0.143. The summed E-state index contributed by atoms with van der Waals surface area (Å²) in [5.41, 5.74) is 1.04. The Morgan fingerprint density at radius 1 is 0.963 bits per heavy atom. The summed E-state index contributed by atoms with van der Waals surface area (Å²) < 4.78 is 0. The highest BCUT2D eigenvalue weighted by Gasteiger charge is 2.22. The second kappa shape index (κ2) is 8.42. The zero-order valence-corrected chi connectivity index (χ0v) is 15.9. The van der Waals surface area contributed by atoms with E-state index in [9.17, 15) is 9.59 Å². The monoisotopic (exact) mass is 401 g/mol. The third-order valence-corrected chi connectivity index (χ3v) is 4.78. The molecule has 0 spiro atoms. The van der Waals surface area contributed by atoms with Crippen LogP contribution in [-0.2, 0) is 4.79 Å². The Morgan fingerprint density at radius 3 is 2.44 bits per heavy atom. The number of aliphatic carboxylic acids is 1. The van der Waals surface area contributed by atoms with Crippen molar-refractivity contribution in [2.24, 2.45) is 0 Å². The fourth-order valence-corrected chi connectivity index (χ4v) is 3.46. The largest absolute Gasteiger partial charge is 0.481 e. The van der Waals surface area contributed by atoms with Crippen LogP contribution in [0.15, 0.2) is 60.7 Å². The van der Waals surface area contributed by atoms with Gasteiger partial charge in [-0.25, -0.2) is 0 Å². The number of amides is 1. The molecule has 0 aliphatic carbocycles. The lowest BCUT2D eigenvalue weighted by Crippen LogP contribution is -2.32. The van der Waals surface area contributed by atoms with E-state index in [1.807, 2.05) is 42.5 Å². The minimum absolute atomic E-state index is 0.0249. The lowest BCUT2D eigenvalue weighted by atomic mass is 10.1. The fourth-order valence-electron chi connectivity index (χ4n) is 2.97. The van der Waals surface area contributed by atoms with E-state index >= 15 is 0 Å². The lowest BCUT2D eigenvalue weighted by molar-refractivity contribution is -0.137. The first kappa shape index (κ1) is 19.2. The van der Waals surface area contributed by atoms with Gasteiger partial charge in [0, 0.05) is 23.4 Å². The van der Waals surface area contributed by atoms with Crippen molar-refractivity contribution in [3.05, 3.63) is 76.3 Å². The van der Waals surface area contributed by atoms with Gasteiger partial charge in [-0.05, 0) is 36.1 Å². The quantitative estimate of drug-likeness (QED) is 0.579. The summed E-state index contributed by atoms with van der Waals surface area (Å²) in [5, 5.41) is 11.6. The molecular weight excluding hydrogens is 385 g/mol. The van der Waals surface area contributed by atoms with Crippen LogP contribution in [0, 0.1) is 0 Å². The molecule has 0 aromatic heterocycles. The van der Waals surface area contributed by atoms with Gasteiger partial charge < -0.3 is 10.0 Å². The molecule has 0 aliphatic rings. The summed E-state index contributed by atoms with van der Waals surface area (Å²) >= 11 is 12.2. The topological polar surface area (TPSA) is 57.6 Å². The smallest absolute Gasteiger partial charge is 0.303 e. The van der Waals surface area contributed by atoms with Gasteiger partial charge in [-0.15, -0.1) is 0 Å². The minimum Gasteiger partial charge on any atom is -0.481 e. The third-order valence-electron chi connectivity index (χ3n) is 4.24. The second-order valence-electron chi connectivity index (χ2n) is 6.08. The van der Waals surface area contributed by atoms with Crippen molar-refractivity contribution in [2.75, 3.05) is 11.4 Å². The zero-order valence-electron chi connectivity index (χ0n) is 14.4. The standard InChI is InChI=1S/C21H17Cl2NO3/c22-15-10-11-17(18(23)13-15)21(27)24(12-4-9-20(25)26)19-8-3-6-14-5-1-2-7-16(14)19/h1-3,5-8,10-11,13H,4,9,12H2,(H,25,26). The first-order chi connectivity index (χ1) is 13.0. The Morgan fingerprint density at radius 2 is 1.70 bits per heavy atom. The van der Waals surface area contributed by atoms with E-state index in [0.29, 0.717) is 17.0 Å². The number of fused-ring (bicyclic) bond motifs is 1. The van der Waals surface area contributed by atoms with Crippen LogP contribution in [-0.4, -0.2) is 23.5 Å². The highest BCUT2D eigenvalue weighted by Crippen LogP contribution is 2.30. The molecule has 3 rings (SSSR count). The van der Waals surface area contributed by atoms with E-state index in [1.165, 1.54) is 6.07 Å². The van der Waals surface area contributed by atoms with Gasteiger partial charge >= 0.3 is 5.97 Å². The number of carboxylic acid groups (broad SMARTS) is 1. The van der Waals surface area contributed by atoms with E-state index in [4.69, 9.17) is 28.3 Å². The van der Waals surface area contributed by atoms with E-state index in [2.05, 4.69) is 0 Å². The van der Waals surface area contributed by atoms with Gasteiger partial charge in [-0.2, -0.15) is 0 Å². The predicted molar refractivity (Wildman–Crippen MR) is 109 cm³/mol. The van der Waals surface area contributed by atoms with Gasteiger partial charge in [0.05, 0.1) is 16.3 Å². The van der Waals surface area contributed by atoms with E-state index in [1.54, 1.807) is 17.0 Å². The Kier molecular flexibility index (Phi) is 5.99. The van der Waals surface area contributed by atoms with E-state index in [0.717, 1.165) is 16.5 Å². The van der Waals surface area contributed by atoms with Gasteiger partial charge in [0.15, 0.2) is 0 Å². The summed E-state index contributed by atoms with van der Waals surface area (Å²) in [5.74, 6) is -1.19. The van der Waals surface area contributed by atoms with Crippen molar-refractivity contribution in [1.29, 1.82) is 0 Å². The van der Waals surface area contributed by atoms with E-state index in [-0.39, 0.29) is 23.9 Å². The number of carbonyl (C=O) groups excluding carboxylic acids is 1. The molecule has 3 aromatic carbocycles. The van der Waals surface area contributed by atoms with Crippen molar-refractivity contribution in [3.63, 3.8) is 0 Å². The summed E-state index contributed by atoms with van der Waals surface area (Å²) in [7, 11) is 0. The molecule has 1 amide bonds. The maximum Gasteiger partial charge on any atom is 0.303 e. The Balaban J connectivity index is 2.04. The van der Waals surface area contributed by atoms with Crippen LogP contribution in [0.5, 0.6) is 0 Å². The molecule has 6 heteroatoms. The molecule has 0 saturated carbocycles. The van der Waals surface area contributed by atoms with Gasteiger partial charge in [0.25, 0.3) is 5.91 Å². The maximum atomic E-state index is 13.2. The number of rotatable bonds is 6. The van der Waals surface area contributed by atoms with Gasteiger partial charge in [-0.1, -0.05) is 59.6 Å². The van der Waals surface area contributed by atoms with Crippen LogP contribution < -0.4 is 4.90 Å². The van der Waals surface area contributed by atoms with Gasteiger partial charge in [-0.3, -0.25) is 9.59 Å². The Hall–Kier alpha value is -2.56. The number of carboxylic acids is 1. The normalized spacial score (nSPS) is 10.7. The average molecular weight is 402 g/mol. The van der Waals surface area contributed by atoms with Crippen LogP contribution in [0.1, 0.15) is 23.2 Å². The van der Waals surface area contributed by atoms with Crippen LogP contribution in [0.25, 0.3) is 10.8 Å². The Bertz CT molecular complexity index is 998. The predicted octanol–water partition coefficient (Wildman–Crippen LogP) is 5.66. The lowest BCUT2D eigenvalue weighted by Gasteiger charge is -2.25. The number of hydrogen-bond donors (Lipinski definition) is 1. The number of nitrogens with zero attached hydrogens (tertiary/aromatic N) is 1. The molecule has 4 nitrogen and oxygen atoms in total. The highest BCUT2D eigenvalue weighted by molar-refractivity contribution is 6.37. The summed E-state index contributed by atoms with van der Waals surface area (Å²) in [4.78, 5) is 25.8. The van der Waals surface area contributed by atoms with Crippen LogP contribution in [0.3, 0.4) is 0 Å². The SMILES string of the molecule is O=C(O)CCCN(C(=O)c1ccc(Cl)cc1Cl)c1cccc2ccccc12. The molecule has 0 aliphatic heterocycles. The molecule has 3 aromatic rings. The molecule has 1 N–H and O–H groups in total. The number of hydrogen-bond acceptors (Lipinski definition) is 2. The Labute approximate surface area is 166 Å². The summed E-state index contributed by atoms with van der Waals surface area (Å²) in [6.45, 7) is 0.262. The molecule has 0 unspecified atom stereocenters. The van der Waals surface area contributed by atoms with Gasteiger partial charge in [0.2, 0.25) is 0 Å². The molecule has 27 heavy (non-hydrogen) atoms. The third kappa shape index (κ3) is 4.41. The molecule has 0 bridgehead atoms. The van der Waals surface area contributed by atoms with E-state index < -0.39 is 5.97 Å². The molecule has 0 atom stereocenters. The van der Waals surface area contributed by atoms with Crippen LogP contribution in [0.2, 0.25) is 10.0 Å². The number of benzene rings is 3. The molecule has 0 saturated heterocycles. The van der Waals surface area contributed by atoms with Crippen LogP contribution in [0.4, 0.5) is 5.69 Å². The maximum absolute atomic E-state index is 13.2. The zero-order chi connectivity index (χ0) is 19.4. The van der Waals surface area contributed by atoms with Crippen molar-refractivity contribution in [1.82, 2.24) is 0 Å². The molecule has 138 valence electrons. The average Bonchev–Trinajstić information content (AvgIpc) is 2.64. The molecule has 0 fully saturated rings. The second-order valence-corrected chi connectivity index (χ2v) is 6.92. The molecular formula is C21H17Cl2NO3. The van der Waals surface area contributed by atoms with Crippen molar-refractivity contribution in [3.8, 4) is 0 Å². The minimum atomic E-state index is -0.898. The van der Waals surface area contributed by atoms with Crippen molar-refractivity contribution < 1.29 is 14.7 Å². The summed E-state index contributed by atoms with van der Waals surface area (Å²) in [6, 6.07) is 18.1. The number of carbonyl (C=O) groups is 2. The van der Waals surface area contributed by atoms with Crippen molar-refractivity contribution >= 4 is 51.5 Å². The van der Waals surface area contributed by atoms with Gasteiger partial charge in [0.1, 0.15) is 0 Å². The van der Waals surface area contributed by atoms with Crippen molar-refractivity contribution in [2.45, 2.75) is 12.8 Å². The number of anilines is 1.